The minimum Gasteiger partial charge on any atom is -0.327 e. The van der Waals surface area contributed by atoms with Crippen molar-refractivity contribution < 1.29 is 8.42 Å². The van der Waals surface area contributed by atoms with E-state index in [1.165, 1.54) is 6.07 Å². The number of aryl methyl sites for hydroxylation is 1. The predicted molar refractivity (Wildman–Crippen MR) is 78.8 cm³/mol. The highest BCUT2D eigenvalue weighted by Crippen LogP contribution is 2.39. The molecule has 1 aromatic carbocycles. The zero-order valence-corrected chi connectivity index (χ0v) is 12.8. The van der Waals surface area contributed by atoms with Crippen LogP contribution in [0, 0.1) is 30.1 Å². The number of fused-ring (bicyclic) bond motifs is 1. The maximum Gasteiger partial charge on any atom is 0.243 e. The predicted octanol–water partition coefficient (Wildman–Crippen LogP) is 1.22. The van der Waals surface area contributed by atoms with Crippen LogP contribution in [0.1, 0.15) is 24.0 Å². The Morgan fingerprint density at radius 3 is 2.71 bits per heavy atom. The van der Waals surface area contributed by atoms with Crippen molar-refractivity contribution in [1.29, 1.82) is 5.26 Å². The SMILES string of the molecule is Cc1cc(S(=O)(=O)N2CC3CCC(N)C3C2)ccc1C#N. The minimum atomic E-state index is -3.48. The van der Waals surface area contributed by atoms with Crippen LogP contribution in [0.25, 0.3) is 0 Å². The van der Waals surface area contributed by atoms with Crippen LogP contribution in [-0.4, -0.2) is 31.9 Å². The maximum atomic E-state index is 12.7. The Labute approximate surface area is 125 Å². The van der Waals surface area contributed by atoms with Gasteiger partial charge in [-0.1, -0.05) is 0 Å². The summed E-state index contributed by atoms with van der Waals surface area (Å²) < 4.78 is 27.0. The van der Waals surface area contributed by atoms with E-state index in [1.54, 1.807) is 23.4 Å². The summed E-state index contributed by atoms with van der Waals surface area (Å²) in [6, 6.07) is 6.86. The summed E-state index contributed by atoms with van der Waals surface area (Å²) in [7, 11) is -3.48. The number of nitrogens with zero attached hydrogens (tertiary/aromatic N) is 2. The number of nitriles is 1. The highest BCUT2D eigenvalue weighted by atomic mass is 32.2. The molecule has 1 heterocycles. The Hall–Kier alpha value is -1.42. The first-order valence-electron chi connectivity index (χ1n) is 7.20. The average molecular weight is 305 g/mol. The molecule has 1 saturated heterocycles. The normalized spacial score (nSPS) is 29.3. The second-order valence-electron chi connectivity index (χ2n) is 6.08. The first kappa shape index (κ1) is 14.5. The van der Waals surface area contributed by atoms with Gasteiger partial charge in [0.25, 0.3) is 0 Å². The summed E-state index contributed by atoms with van der Waals surface area (Å²) in [5.41, 5.74) is 7.27. The molecule has 0 spiro atoms. The molecule has 1 aliphatic carbocycles. The molecule has 2 N–H and O–H groups in total. The van der Waals surface area contributed by atoms with Gasteiger partial charge in [0.15, 0.2) is 0 Å². The highest BCUT2D eigenvalue weighted by molar-refractivity contribution is 7.89. The van der Waals surface area contributed by atoms with Gasteiger partial charge < -0.3 is 5.73 Å². The fraction of sp³-hybridized carbons (Fsp3) is 0.533. The Bertz CT molecular complexity index is 708. The molecule has 0 amide bonds. The lowest BCUT2D eigenvalue weighted by Crippen LogP contribution is -2.33. The Kier molecular flexibility index (Phi) is 3.52. The minimum absolute atomic E-state index is 0.123. The van der Waals surface area contributed by atoms with Crippen LogP contribution >= 0.6 is 0 Å². The standard InChI is InChI=1S/C15H19N3O2S/c1-10-6-13(4-2-11(10)7-16)21(19,20)18-8-12-3-5-15(17)14(12)9-18/h2,4,6,12,14-15H,3,5,8-9,17H2,1H3. The quantitative estimate of drug-likeness (QED) is 0.890. The first-order chi connectivity index (χ1) is 9.93. The van der Waals surface area contributed by atoms with Gasteiger partial charge in [-0.05, 0) is 55.4 Å². The maximum absolute atomic E-state index is 12.7. The summed E-state index contributed by atoms with van der Waals surface area (Å²) in [6.45, 7) is 2.85. The molecule has 21 heavy (non-hydrogen) atoms. The Morgan fingerprint density at radius 2 is 2.10 bits per heavy atom. The molecule has 3 unspecified atom stereocenters. The Morgan fingerprint density at radius 1 is 1.33 bits per heavy atom. The fourth-order valence-electron chi connectivity index (χ4n) is 3.53. The lowest BCUT2D eigenvalue weighted by atomic mass is 9.98. The number of benzene rings is 1. The van der Waals surface area contributed by atoms with Gasteiger partial charge in [0, 0.05) is 19.1 Å². The lowest BCUT2D eigenvalue weighted by Gasteiger charge is -2.19. The van der Waals surface area contributed by atoms with E-state index in [0.29, 0.717) is 36.1 Å². The molecule has 2 aliphatic rings. The number of hydrogen-bond donors (Lipinski definition) is 1. The van der Waals surface area contributed by atoms with E-state index in [1.807, 2.05) is 0 Å². The monoisotopic (exact) mass is 305 g/mol. The van der Waals surface area contributed by atoms with Gasteiger partial charge in [-0.3, -0.25) is 0 Å². The molecule has 1 aliphatic heterocycles. The zero-order valence-electron chi connectivity index (χ0n) is 12.0. The van der Waals surface area contributed by atoms with Crippen LogP contribution in [0.4, 0.5) is 0 Å². The topological polar surface area (TPSA) is 87.2 Å². The largest absolute Gasteiger partial charge is 0.327 e. The fourth-order valence-corrected chi connectivity index (χ4v) is 5.15. The Balaban J connectivity index is 1.88. The molecular formula is C15H19N3O2S. The summed E-state index contributed by atoms with van der Waals surface area (Å²) in [5, 5.41) is 8.94. The summed E-state index contributed by atoms with van der Waals surface area (Å²) >= 11 is 0. The molecule has 112 valence electrons. The molecular weight excluding hydrogens is 286 g/mol. The van der Waals surface area contributed by atoms with E-state index >= 15 is 0 Å². The highest BCUT2D eigenvalue weighted by Gasteiger charge is 2.45. The second kappa shape index (κ2) is 5.09. The van der Waals surface area contributed by atoms with Crippen LogP contribution in [0.3, 0.4) is 0 Å². The molecule has 5 nitrogen and oxygen atoms in total. The van der Waals surface area contributed by atoms with Crippen molar-refractivity contribution in [2.24, 2.45) is 17.6 Å². The van der Waals surface area contributed by atoms with Crippen molar-refractivity contribution in [2.45, 2.75) is 30.7 Å². The van der Waals surface area contributed by atoms with Crippen molar-refractivity contribution in [3.63, 3.8) is 0 Å². The average Bonchev–Trinajstić information content (AvgIpc) is 3.02. The van der Waals surface area contributed by atoms with Crippen molar-refractivity contribution in [3.05, 3.63) is 29.3 Å². The van der Waals surface area contributed by atoms with E-state index < -0.39 is 10.0 Å². The van der Waals surface area contributed by atoms with E-state index in [0.717, 1.165) is 12.8 Å². The van der Waals surface area contributed by atoms with E-state index in [4.69, 9.17) is 11.0 Å². The van der Waals surface area contributed by atoms with Gasteiger partial charge in [0.2, 0.25) is 10.0 Å². The summed E-state index contributed by atoms with van der Waals surface area (Å²) in [4.78, 5) is 0.271. The molecule has 2 fully saturated rings. The second-order valence-corrected chi connectivity index (χ2v) is 8.01. The third-order valence-corrected chi connectivity index (χ3v) is 6.66. The van der Waals surface area contributed by atoms with Gasteiger partial charge in [0.1, 0.15) is 0 Å². The van der Waals surface area contributed by atoms with Gasteiger partial charge in [-0.15, -0.1) is 0 Å². The van der Waals surface area contributed by atoms with E-state index in [2.05, 4.69) is 6.07 Å². The molecule has 1 aromatic rings. The van der Waals surface area contributed by atoms with Crippen LogP contribution < -0.4 is 5.73 Å². The molecule has 0 bridgehead atoms. The van der Waals surface area contributed by atoms with E-state index in [-0.39, 0.29) is 10.9 Å². The van der Waals surface area contributed by atoms with Gasteiger partial charge in [0.05, 0.1) is 16.5 Å². The summed E-state index contributed by atoms with van der Waals surface area (Å²) in [6.07, 6.45) is 2.02. The van der Waals surface area contributed by atoms with Crippen molar-refractivity contribution >= 4 is 10.0 Å². The molecule has 0 radical (unpaired) electrons. The van der Waals surface area contributed by atoms with Crippen LogP contribution in [0.15, 0.2) is 23.1 Å². The van der Waals surface area contributed by atoms with Crippen molar-refractivity contribution in [1.82, 2.24) is 4.31 Å². The van der Waals surface area contributed by atoms with Crippen LogP contribution in [0.2, 0.25) is 0 Å². The van der Waals surface area contributed by atoms with E-state index in [9.17, 15) is 8.42 Å². The van der Waals surface area contributed by atoms with Gasteiger partial charge >= 0.3 is 0 Å². The zero-order chi connectivity index (χ0) is 15.2. The number of rotatable bonds is 2. The van der Waals surface area contributed by atoms with Gasteiger partial charge in [-0.25, -0.2) is 8.42 Å². The molecule has 3 atom stereocenters. The molecule has 6 heteroatoms. The molecule has 3 rings (SSSR count). The lowest BCUT2D eigenvalue weighted by molar-refractivity contribution is 0.427. The third-order valence-electron chi connectivity index (χ3n) is 4.83. The molecule has 0 aromatic heterocycles. The van der Waals surface area contributed by atoms with Crippen molar-refractivity contribution in [2.75, 3.05) is 13.1 Å². The summed E-state index contributed by atoms with van der Waals surface area (Å²) in [5.74, 6) is 0.688. The number of hydrogen-bond acceptors (Lipinski definition) is 4. The third kappa shape index (κ3) is 2.35. The van der Waals surface area contributed by atoms with Crippen LogP contribution in [0.5, 0.6) is 0 Å². The van der Waals surface area contributed by atoms with Gasteiger partial charge in [-0.2, -0.15) is 9.57 Å². The number of sulfonamides is 1. The van der Waals surface area contributed by atoms with Crippen LogP contribution in [-0.2, 0) is 10.0 Å². The first-order valence-corrected chi connectivity index (χ1v) is 8.64. The number of nitrogens with two attached hydrogens (primary N) is 1. The smallest absolute Gasteiger partial charge is 0.243 e. The van der Waals surface area contributed by atoms with Crippen molar-refractivity contribution in [3.8, 4) is 6.07 Å². The molecule has 1 saturated carbocycles.